The van der Waals surface area contributed by atoms with Crippen molar-refractivity contribution >= 4 is 40.3 Å². The summed E-state index contributed by atoms with van der Waals surface area (Å²) in [5.41, 5.74) is 2.65. The van der Waals surface area contributed by atoms with Crippen molar-refractivity contribution in [1.82, 2.24) is 4.98 Å². The molecule has 1 N–H and O–H groups in total. The molecule has 0 spiro atoms. The zero-order valence-electron chi connectivity index (χ0n) is 19.2. The molecule has 0 bridgehead atoms. The number of thiazole rings is 1. The highest BCUT2D eigenvalue weighted by molar-refractivity contribution is 7.17. The highest BCUT2D eigenvalue weighted by atomic mass is 35.5. The fourth-order valence-electron chi connectivity index (χ4n) is 4.14. The van der Waals surface area contributed by atoms with Crippen LogP contribution in [0.25, 0.3) is 10.6 Å². The number of anilines is 1. The van der Waals surface area contributed by atoms with Crippen LogP contribution >= 0.6 is 22.9 Å². The van der Waals surface area contributed by atoms with Crippen LogP contribution in [0.4, 0.5) is 5.69 Å². The van der Waals surface area contributed by atoms with E-state index >= 15 is 0 Å². The molecule has 8 heteroatoms. The van der Waals surface area contributed by atoms with Crippen LogP contribution in [0.15, 0.2) is 76.4 Å². The van der Waals surface area contributed by atoms with Gasteiger partial charge in [-0.3, -0.25) is 14.5 Å². The van der Waals surface area contributed by atoms with Crippen LogP contribution in [0.3, 0.4) is 0 Å². The molecule has 1 unspecified atom stereocenters. The number of aliphatic hydroxyl groups is 1. The zero-order valence-corrected chi connectivity index (χ0v) is 20.8. The fourth-order valence-corrected chi connectivity index (χ4v) is 5.34. The topological polar surface area (TPSA) is 83.6 Å². The van der Waals surface area contributed by atoms with Gasteiger partial charge in [-0.2, -0.15) is 0 Å². The van der Waals surface area contributed by atoms with Crippen LogP contribution < -0.4 is 4.90 Å². The Morgan fingerprint density at radius 2 is 1.83 bits per heavy atom. The Morgan fingerprint density at radius 1 is 1.09 bits per heavy atom. The zero-order chi connectivity index (χ0) is 24.9. The predicted octanol–water partition coefficient (Wildman–Crippen LogP) is 6.76. The number of carbonyl (C=O) groups is 2. The van der Waals surface area contributed by atoms with Gasteiger partial charge in [0.2, 0.25) is 5.78 Å². The molecule has 3 heterocycles. The first-order valence-corrected chi connectivity index (χ1v) is 12.1. The molecule has 0 saturated carbocycles. The summed E-state index contributed by atoms with van der Waals surface area (Å²) in [5.74, 6) is -0.788. The lowest BCUT2D eigenvalue weighted by Gasteiger charge is -2.25. The minimum absolute atomic E-state index is 0.0487. The Kier molecular flexibility index (Phi) is 5.83. The molecule has 1 aliphatic rings. The third kappa shape index (κ3) is 3.96. The molecular formula is C27H21ClN2O4S. The summed E-state index contributed by atoms with van der Waals surface area (Å²) < 4.78 is 5.85. The van der Waals surface area contributed by atoms with E-state index in [-0.39, 0.29) is 5.57 Å². The van der Waals surface area contributed by atoms with Gasteiger partial charge in [0.15, 0.2) is 5.76 Å². The second-order valence-electron chi connectivity index (χ2n) is 8.35. The molecule has 176 valence electrons. The Balaban J connectivity index is 1.63. The van der Waals surface area contributed by atoms with E-state index in [1.807, 2.05) is 37.3 Å². The van der Waals surface area contributed by atoms with Gasteiger partial charge >= 0.3 is 0 Å². The number of Topliss-reactive ketones (excluding diaryl/α,β-unsaturated/α-hetero) is 1. The van der Waals surface area contributed by atoms with Gasteiger partial charge in [-0.1, -0.05) is 48.0 Å². The molecule has 1 atom stereocenters. The standard InChI is InChI=1S/C27H21ClN2O4S/c1-14-9-11-18(13-19(14)28)30-22(20-12-10-15(2)34-20)21(24(32)27(30)33)23(31)25-16(3)29-26(35-25)17-7-5-4-6-8-17/h4-13,22,32H,1-3H3. The molecule has 2 aromatic heterocycles. The van der Waals surface area contributed by atoms with E-state index in [0.29, 0.717) is 37.8 Å². The van der Waals surface area contributed by atoms with Gasteiger partial charge in [-0.25, -0.2) is 4.98 Å². The monoisotopic (exact) mass is 504 g/mol. The lowest BCUT2D eigenvalue weighted by molar-refractivity contribution is -0.117. The van der Waals surface area contributed by atoms with Gasteiger partial charge in [-0.15, -0.1) is 11.3 Å². The van der Waals surface area contributed by atoms with E-state index in [2.05, 4.69) is 4.98 Å². The Bertz CT molecular complexity index is 1500. The van der Waals surface area contributed by atoms with Crippen molar-refractivity contribution in [3.8, 4) is 10.6 Å². The van der Waals surface area contributed by atoms with Crippen LogP contribution in [0.2, 0.25) is 5.02 Å². The van der Waals surface area contributed by atoms with Crippen molar-refractivity contribution in [2.75, 3.05) is 4.90 Å². The molecule has 6 nitrogen and oxygen atoms in total. The summed E-state index contributed by atoms with van der Waals surface area (Å²) in [6.07, 6.45) is 0. The number of aliphatic hydroxyl groups excluding tert-OH is 1. The number of rotatable bonds is 5. The molecule has 4 aromatic rings. The van der Waals surface area contributed by atoms with Crippen molar-refractivity contribution < 1.29 is 19.1 Å². The Morgan fingerprint density at radius 3 is 2.49 bits per heavy atom. The molecule has 0 saturated heterocycles. The lowest BCUT2D eigenvalue weighted by atomic mass is 9.99. The highest BCUT2D eigenvalue weighted by Crippen LogP contribution is 2.44. The summed E-state index contributed by atoms with van der Waals surface area (Å²) >= 11 is 7.57. The van der Waals surface area contributed by atoms with Gasteiger partial charge in [0.1, 0.15) is 22.6 Å². The number of nitrogens with zero attached hydrogens (tertiary/aromatic N) is 2. The predicted molar refractivity (Wildman–Crippen MR) is 136 cm³/mol. The van der Waals surface area contributed by atoms with E-state index in [0.717, 1.165) is 11.1 Å². The first-order chi connectivity index (χ1) is 16.8. The summed E-state index contributed by atoms with van der Waals surface area (Å²) in [6.45, 7) is 5.37. The third-order valence-corrected chi connectivity index (χ3v) is 7.55. The number of amides is 1. The molecule has 1 amide bonds. The molecular weight excluding hydrogens is 484 g/mol. The SMILES string of the molecule is Cc1ccc(C2C(C(=O)c3sc(-c4ccccc4)nc3C)=C(O)C(=O)N2c2ccc(C)c(Cl)c2)o1. The van der Waals surface area contributed by atoms with E-state index in [4.69, 9.17) is 16.0 Å². The first-order valence-electron chi connectivity index (χ1n) is 10.9. The minimum Gasteiger partial charge on any atom is -0.503 e. The number of hydrogen-bond acceptors (Lipinski definition) is 6. The normalized spacial score (nSPS) is 15.8. The van der Waals surface area contributed by atoms with E-state index < -0.39 is 23.5 Å². The molecule has 1 aliphatic heterocycles. The van der Waals surface area contributed by atoms with Gasteiger partial charge < -0.3 is 9.52 Å². The van der Waals surface area contributed by atoms with Crippen molar-refractivity contribution in [3.63, 3.8) is 0 Å². The highest BCUT2D eigenvalue weighted by Gasteiger charge is 2.47. The van der Waals surface area contributed by atoms with Crippen LogP contribution in [0, 0.1) is 20.8 Å². The minimum atomic E-state index is -0.954. The van der Waals surface area contributed by atoms with Crippen LogP contribution in [0.5, 0.6) is 0 Å². The van der Waals surface area contributed by atoms with Gasteiger partial charge in [0, 0.05) is 16.3 Å². The molecule has 2 aromatic carbocycles. The maximum atomic E-state index is 13.9. The number of aromatic nitrogens is 1. The van der Waals surface area contributed by atoms with E-state index in [1.165, 1.54) is 16.2 Å². The van der Waals surface area contributed by atoms with Crippen LogP contribution in [-0.4, -0.2) is 21.8 Å². The number of ketones is 1. The molecule has 0 radical (unpaired) electrons. The first kappa shape index (κ1) is 23.1. The van der Waals surface area contributed by atoms with Gasteiger partial charge in [-0.05, 0) is 50.6 Å². The van der Waals surface area contributed by atoms with Crippen molar-refractivity contribution in [3.05, 3.63) is 105 Å². The number of carbonyl (C=O) groups excluding carboxylic acids is 2. The second-order valence-corrected chi connectivity index (χ2v) is 9.76. The second kappa shape index (κ2) is 8.83. The summed E-state index contributed by atoms with van der Waals surface area (Å²) in [7, 11) is 0. The fraction of sp³-hybridized carbons (Fsp3) is 0.148. The van der Waals surface area contributed by atoms with Gasteiger partial charge in [0.05, 0.1) is 16.1 Å². The smallest absolute Gasteiger partial charge is 0.294 e. The van der Waals surface area contributed by atoms with Crippen LogP contribution in [0.1, 0.15) is 38.5 Å². The average molecular weight is 505 g/mol. The Hall–Kier alpha value is -3.68. The third-order valence-electron chi connectivity index (χ3n) is 5.94. The molecule has 0 fully saturated rings. The maximum Gasteiger partial charge on any atom is 0.294 e. The van der Waals surface area contributed by atoms with E-state index in [1.54, 1.807) is 44.2 Å². The van der Waals surface area contributed by atoms with Crippen molar-refractivity contribution in [2.45, 2.75) is 26.8 Å². The molecule has 0 aliphatic carbocycles. The maximum absolute atomic E-state index is 13.9. The summed E-state index contributed by atoms with van der Waals surface area (Å²) in [5, 5.41) is 12.1. The van der Waals surface area contributed by atoms with E-state index in [9.17, 15) is 14.7 Å². The van der Waals surface area contributed by atoms with Crippen molar-refractivity contribution in [1.29, 1.82) is 0 Å². The largest absolute Gasteiger partial charge is 0.503 e. The number of halogens is 1. The summed E-state index contributed by atoms with van der Waals surface area (Å²) in [4.78, 5) is 33.5. The van der Waals surface area contributed by atoms with Crippen LogP contribution in [-0.2, 0) is 4.79 Å². The quantitative estimate of drug-likeness (QED) is 0.303. The average Bonchev–Trinajstić information content (AvgIpc) is 3.52. The number of hydrogen-bond donors (Lipinski definition) is 1. The van der Waals surface area contributed by atoms with Gasteiger partial charge in [0.25, 0.3) is 5.91 Å². The number of benzene rings is 2. The molecule has 35 heavy (non-hydrogen) atoms. The molecule has 5 rings (SSSR count). The number of furan rings is 1. The Labute approximate surface area is 211 Å². The number of aryl methyl sites for hydroxylation is 3. The lowest BCUT2D eigenvalue weighted by Crippen LogP contribution is -2.30. The van der Waals surface area contributed by atoms with Crippen molar-refractivity contribution in [2.24, 2.45) is 0 Å². The summed E-state index contributed by atoms with van der Waals surface area (Å²) in [6, 6.07) is 17.2.